The lowest BCUT2D eigenvalue weighted by atomic mass is 10.1. The van der Waals surface area contributed by atoms with Crippen LogP contribution < -0.4 is 5.73 Å². The predicted octanol–water partition coefficient (Wildman–Crippen LogP) is 3.00. The third-order valence-electron chi connectivity index (χ3n) is 2.83. The molecule has 1 aromatic carbocycles. The smallest absolute Gasteiger partial charge is 0.161 e. The topological polar surface area (TPSA) is 43.3 Å². The van der Waals surface area contributed by atoms with Gasteiger partial charge in [-0.25, -0.2) is 18.2 Å². The van der Waals surface area contributed by atoms with E-state index in [1.807, 2.05) is 0 Å². The Bertz CT molecular complexity index is 780. The van der Waals surface area contributed by atoms with Gasteiger partial charge in [0.15, 0.2) is 11.6 Å². The Morgan fingerprint density at radius 2 is 1.74 bits per heavy atom. The molecule has 0 saturated carbocycles. The molecule has 19 heavy (non-hydrogen) atoms. The van der Waals surface area contributed by atoms with E-state index in [0.29, 0.717) is 11.7 Å². The first-order valence-electron chi connectivity index (χ1n) is 5.45. The summed E-state index contributed by atoms with van der Waals surface area (Å²) in [5.74, 6) is -3.13. The van der Waals surface area contributed by atoms with Crippen molar-refractivity contribution < 1.29 is 13.2 Å². The summed E-state index contributed by atoms with van der Waals surface area (Å²) in [6.07, 6.45) is 1.65. The SMILES string of the molecule is Nc1c(-c2cc(F)c(F)cc2F)nc2ccccn12. The van der Waals surface area contributed by atoms with Crippen LogP contribution in [-0.2, 0) is 0 Å². The van der Waals surface area contributed by atoms with Gasteiger partial charge in [-0.2, -0.15) is 0 Å². The molecular weight excluding hydrogens is 255 g/mol. The summed E-state index contributed by atoms with van der Waals surface area (Å²) in [5, 5.41) is 0. The summed E-state index contributed by atoms with van der Waals surface area (Å²) < 4.78 is 41.4. The molecule has 2 N–H and O–H groups in total. The summed E-state index contributed by atoms with van der Waals surface area (Å²) in [5.41, 5.74) is 6.26. The normalized spacial score (nSPS) is 11.1. The van der Waals surface area contributed by atoms with E-state index in [1.54, 1.807) is 24.4 Å². The second kappa shape index (κ2) is 4.01. The minimum atomic E-state index is -1.25. The van der Waals surface area contributed by atoms with Gasteiger partial charge in [-0.15, -0.1) is 0 Å². The lowest BCUT2D eigenvalue weighted by Crippen LogP contribution is -1.96. The zero-order valence-electron chi connectivity index (χ0n) is 9.57. The molecule has 3 rings (SSSR count). The average Bonchev–Trinajstić information content (AvgIpc) is 2.72. The third kappa shape index (κ3) is 1.72. The molecule has 0 atom stereocenters. The number of benzene rings is 1. The number of anilines is 1. The molecule has 0 bridgehead atoms. The predicted molar refractivity (Wildman–Crippen MR) is 64.9 cm³/mol. The van der Waals surface area contributed by atoms with Crippen LogP contribution >= 0.6 is 0 Å². The maximum Gasteiger partial charge on any atom is 0.161 e. The fourth-order valence-electron chi connectivity index (χ4n) is 1.92. The van der Waals surface area contributed by atoms with E-state index in [1.165, 1.54) is 4.40 Å². The highest BCUT2D eigenvalue weighted by Gasteiger charge is 2.17. The van der Waals surface area contributed by atoms with Gasteiger partial charge in [0.25, 0.3) is 0 Å². The van der Waals surface area contributed by atoms with Crippen molar-refractivity contribution in [3.8, 4) is 11.3 Å². The molecule has 0 aliphatic carbocycles. The molecule has 2 aromatic heterocycles. The number of imidazole rings is 1. The van der Waals surface area contributed by atoms with Crippen molar-refractivity contribution in [3.63, 3.8) is 0 Å². The van der Waals surface area contributed by atoms with E-state index in [-0.39, 0.29) is 17.1 Å². The zero-order valence-corrected chi connectivity index (χ0v) is 9.57. The Morgan fingerprint density at radius 3 is 2.47 bits per heavy atom. The monoisotopic (exact) mass is 263 g/mol. The number of aromatic nitrogens is 2. The zero-order chi connectivity index (χ0) is 13.6. The highest BCUT2D eigenvalue weighted by atomic mass is 19.2. The van der Waals surface area contributed by atoms with Gasteiger partial charge in [-0.05, 0) is 18.2 Å². The van der Waals surface area contributed by atoms with Crippen LogP contribution in [0.15, 0.2) is 36.5 Å². The van der Waals surface area contributed by atoms with Gasteiger partial charge in [-0.1, -0.05) is 6.07 Å². The van der Waals surface area contributed by atoms with Crippen molar-refractivity contribution in [2.75, 3.05) is 5.73 Å². The standard InChI is InChI=1S/C13H8F3N3/c14-8-6-10(16)9(15)5-7(8)12-13(17)19-4-2-1-3-11(19)18-12/h1-6H,17H2. The van der Waals surface area contributed by atoms with Crippen LogP contribution in [0.25, 0.3) is 16.9 Å². The number of hydrogen-bond acceptors (Lipinski definition) is 2. The van der Waals surface area contributed by atoms with Crippen molar-refractivity contribution in [1.82, 2.24) is 9.38 Å². The van der Waals surface area contributed by atoms with E-state index in [0.717, 1.165) is 6.07 Å². The minimum Gasteiger partial charge on any atom is -0.383 e. The number of nitrogens with zero attached hydrogens (tertiary/aromatic N) is 2. The number of hydrogen-bond donors (Lipinski definition) is 1. The number of rotatable bonds is 1. The van der Waals surface area contributed by atoms with Crippen molar-refractivity contribution in [2.45, 2.75) is 0 Å². The Labute approximate surface area is 106 Å². The van der Waals surface area contributed by atoms with Gasteiger partial charge in [0.05, 0.1) is 0 Å². The van der Waals surface area contributed by atoms with Crippen molar-refractivity contribution in [3.05, 3.63) is 54.0 Å². The Kier molecular flexibility index (Phi) is 2.45. The van der Waals surface area contributed by atoms with Crippen LogP contribution in [-0.4, -0.2) is 9.38 Å². The van der Waals surface area contributed by atoms with Gasteiger partial charge in [0.1, 0.15) is 23.0 Å². The summed E-state index contributed by atoms with van der Waals surface area (Å²) >= 11 is 0. The molecule has 0 unspecified atom stereocenters. The summed E-state index contributed by atoms with van der Waals surface area (Å²) in [4.78, 5) is 4.12. The molecule has 0 radical (unpaired) electrons. The second-order valence-corrected chi connectivity index (χ2v) is 4.02. The van der Waals surface area contributed by atoms with Gasteiger partial charge < -0.3 is 5.73 Å². The first kappa shape index (κ1) is 11.6. The molecule has 0 spiro atoms. The van der Waals surface area contributed by atoms with Gasteiger partial charge in [-0.3, -0.25) is 4.40 Å². The molecule has 0 fully saturated rings. The molecule has 0 aliphatic rings. The Hall–Kier alpha value is -2.50. The van der Waals surface area contributed by atoms with Crippen molar-refractivity contribution >= 4 is 11.5 Å². The average molecular weight is 263 g/mol. The van der Waals surface area contributed by atoms with E-state index < -0.39 is 17.5 Å². The second-order valence-electron chi connectivity index (χ2n) is 4.02. The van der Waals surface area contributed by atoms with Gasteiger partial charge >= 0.3 is 0 Å². The maximum atomic E-state index is 13.7. The van der Waals surface area contributed by atoms with E-state index >= 15 is 0 Å². The van der Waals surface area contributed by atoms with Crippen LogP contribution in [0.4, 0.5) is 19.0 Å². The van der Waals surface area contributed by atoms with Gasteiger partial charge in [0.2, 0.25) is 0 Å². The lowest BCUT2D eigenvalue weighted by molar-refractivity contribution is 0.496. The summed E-state index contributed by atoms with van der Waals surface area (Å²) in [6.45, 7) is 0. The lowest BCUT2D eigenvalue weighted by Gasteiger charge is -2.02. The minimum absolute atomic E-state index is 0.0857. The van der Waals surface area contributed by atoms with Crippen LogP contribution in [0, 0.1) is 17.5 Å². The highest BCUT2D eigenvalue weighted by Crippen LogP contribution is 2.29. The van der Waals surface area contributed by atoms with Crippen LogP contribution in [0.5, 0.6) is 0 Å². The number of pyridine rings is 1. The number of halogens is 3. The molecule has 0 amide bonds. The van der Waals surface area contributed by atoms with E-state index in [9.17, 15) is 13.2 Å². The molecule has 3 aromatic rings. The molecule has 3 nitrogen and oxygen atoms in total. The molecule has 96 valence electrons. The maximum absolute atomic E-state index is 13.7. The largest absolute Gasteiger partial charge is 0.383 e. The highest BCUT2D eigenvalue weighted by molar-refractivity contribution is 5.75. The van der Waals surface area contributed by atoms with Crippen LogP contribution in [0.1, 0.15) is 0 Å². The summed E-state index contributed by atoms with van der Waals surface area (Å²) in [7, 11) is 0. The van der Waals surface area contributed by atoms with Crippen molar-refractivity contribution in [1.29, 1.82) is 0 Å². The van der Waals surface area contributed by atoms with Crippen molar-refractivity contribution in [2.24, 2.45) is 0 Å². The fraction of sp³-hybridized carbons (Fsp3) is 0. The number of nitrogen functional groups attached to an aromatic ring is 1. The number of fused-ring (bicyclic) bond motifs is 1. The molecule has 0 aliphatic heterocycles. The Balaban J connectivity index is 2.30. The quantitative estimate of drug-likeness (QED) is 0.686. The van der Waals surface area contributed by atoms with Crippen LogP contribution in [0.3, 0.4) is 0 Å². The molecular formula is C13H8F3N3. The van der Waals surface area contributed by atoms with Gasteiger partial charge in [0, 0.05) is 17.8 Å². The van der Waals surface area contributed by atoms with E-state index in [2.05, 4.69) is 4.98 Å². The van der Waals surface area contributed by atoms with Crippen LogP contribution in [0.2, 0.25) is 0 Å². The Morgan fingerprint density at radius 1 is 1.00 bits per heavy atom. The first-order valence-corrected chi connectivity index (χ1v) is 5.45. The first-order chi connectivity index (χ1) is 9.08. The number of nitrogens with two attached hydrogens (primary N) is 1. The molecule has 6 heteroatoms. The molecule has 2 heterocycles. The molecule has 0 saturated heterocycles. The third-order valence-corrected chi connectivity index (χ3v) is 2.83. The van der Waals surface area contributed by atoms with E-state index in [4.69, 9.17) is 5.73 Å². The fourth-order valence-corrected chi connectivity index (χ4v) is 1.92. The summed E-state index contributed by atoms with van der Waals surface area (Å²) in [6, 6.07) is 6.39.